The van der Waals surface area contributed by atoms with E-state index in [2.05, 4.69) is 14.9 Å². The average molecular weight is 254 g/mol. The van der Waals surface area contributed by atoms with Gasteiger partial charge in [0.1, 0.15) is 6.33 Å². The van der Waals surface area contributed by atoms with Gasteiger partial charge in [0.25, 0.3) is 0 Å². The number of nitrogens with zero attached hydrogens (tertiary/aromatic N) is 4. The fraction of sp³-hybridized carbons (Fsp3) is 0.692. The largest absolute Gasteiger partial charge is 0.350 e. The Labute approximate surface area is 109 Å². The molecule has 0 spiro atoms. The van der Waals surface area contributed by atoms with Crippen LogP contribution in [-0.4, -0.2) is 48.1 Å². The van der Waals surface area contributed by atoms with Gasteiger partial charge in [0.15, 0.2) is 11.6 Å². The van der Waals surface area contributed by atoms with Crippen molar-refractivity contribution in [1.82, 2.24) is 14.9 Å². The first-order chi connectivity index (χ1) is 8.47. The quantitative estimate of drug-likeness (QED) is 0.777. The maximum Gasteiger partial charge on any atom is 0.187 e. The van der Waals surface area contributed by atoms with Crippen LogP contribution in [0.5, 0.6) is 0 Å². The fourth-order valence-corrected chi connectivity index (χ4v) is 1.76. The van der Waals surface area contributed by atoms with Crippen LogP contribution < -0.4 is 4.90 Å². The minimum absolute atomic E-state index is 0.207. The highest BCUT2D eigenvalue weighted by Crippen LogP contribution is 2.20. The molecule has 1 aromatic heterocycles. The van der Waals surface area contributed by atoms with Gasteiger partial charge in [-0.05, 0) is 34.4 Å². The summed E-state index contributed by atoms with van der Waals surface area (Å²) in [6, 6.07) is 0.207. The predicted octanol–water partition coefficient (Wildman–Crippen LogP) is 1.95. The van der Waals surface area contributed by atoms with Crippen molar-refractivity contribution < 1.29 is 4.39 Å². The topological polar surface area (TPSA) is 32.3 Å². The lowest BCUT2D eigenvalue weighted by Crippen LogP contribution is -2.38. The zero-order chi connectivity index (χ0) is 13.7. The van der Waals surface area contributed by atoms with Crippen LogP contribution in [0.3, 0.4) is 0 Å². The molecule has 1 heterocycles. The number of anilines is 1. The molecule has 0 saturated carbocycles. The molecule has 0 saturated heterocycles. The van der Waals surface area contributed by atoms with Crippen LogP contribution >= 0.6 is 0 Å². The fourth-order valence-electron chi connectivity index (χ4n) is 1.76. The maximum atomic E-state index is 14.2. The molecule has 0 fully saturated rings. The SMILES string of the molecule is CCc1ncnc(N(CCN(C)C)C(C)C)c1F. The Morgan fingerprint density at radius 3 is 2.39 bits per heavy atom. The number of likely N-dealkylation sites (N-methyl/N-ethyl adjacent to an activating group) is 1. The third-order valence-electron chi connectivity index (χ3n) is 2.86. The molecule has 0 bridgehead atoms. The summed E-state index contributed by atoms with van der Waals surface area (Å²) in [5.41, 5.74) is 0.482. The standard InChI is InChI=1S/C13H23FN4/c1-6-11-12(14)13(16-9-15-11)18(10(2)3)8-7-17(4)5/h9-10H,6-8H2,1-5H3. The Morgan fingerprint density at radius 2 is 1.89 bits per heavy atom. The highest BCUT2D eigenvalue weighted by Gasteiger charge is 2.18. The monoisotopic (exact) mass is 254 g/mol. The summed E-state index contributed by atoms with van der Waals surface area (Å²) < 4.78 is 14.2. The normalized spacial score (nSPS) is 11.3. The molecule has 18 heavy (non-hydrogen) atoms. The highest BCUT2D eigenvalue weighted by molar-refractivity contribution is 5.42. The van der Waals surface area contributed by atoms with E-state index in [0.29, 0.717) is 17.9 Å². The van der Waals surface area contributed by atoms with Crippen LogP contribution in [0.4, 0.5) is 10.2 Å². The predicted molar refractivity (Wildman–Crippen MR) is 72.4 cm³/mol. The van der Waals surface area contributed by atoms with E-state index in [9.17, 15) is 4.39 Å². The Balaban J connectivity index is 2.98. The molecule has 0 unspecified atom stereocenters. The third kappa shape index (κ3) is 3.63. The van der Waals surface area contributed by atoms with Gasteiger partial charge < -0.3 is 9.80 Å². The zero-order valence-electron chi connectivity index (χ0n) is 11.9. The van der Waals surface area contributed by atoms with Gasteiger partial charge in [0.05, 0.1) is 5.69 Å². The van der Waals surface area contributed by atoms with Gasteiger partial charge in [0.2, 0.25) is 0 Å². The van der Waals surface area contributed by atoms with Crippen molar-refractivity contribution in [3.63, 3.8) is 0 Å². The second-order valence-electron chi connectivity index (χ2n) is 4.90. The summed E-state index contributed by atoms with van der Waals surface area (Å²) in [6.45, 7) is 7.60. The lowest BCUT2D eigenvalue weighted by Gasteiger charge is -2.29. The zero-order valence-corrected chi connectivity index (χ0v) is 11.9. The molecule has 4 nitrogen and oxygen atoms in total. The molecule has 0 atom stereocenters. The summed E-state index contributed by atoms with van der Waals surface area (Å²) in [5, 5.41) is 0. The van der Waals surface area contributed by atoms with Crippen molar-refractivity contribution >= 4 is 5.82 Å². The molecule has 0 radical (unpaired) electrons. The van der Waals surface area contributed by atoms with Crippen LogP contribution in [0.25, 0.3) is 0 Å². The van der Waals surface area contributed by atoms with Crippen molar-refractivity contribution in [2.75, 3.05) is 32.1 Å². The molecular formula is C13H23FN4. The molecule has 5 heteroatoms. The van der Waals surface area contributed by atoms with E-state index in [0.717, 1.165) is 13.1 Å². The molecule has 0 aromatic carbocycles. The van der Waals surface area contributed by atoms with Crippen LogP contribution in [-0.2, 0) is 6.42 Å². The number of hydrogen-bond acceptors (Lipinski definition) is 4. The summed E-state index contributed by atoms with van der Waals surface area (Å²) in [5.74, 6) is 0.131. The minimum atomic E-state index is -0.285. The molecule has 1 aromatic rings. The first-order valence-corrected chi connectivity index (χ1v) is 6.38. The van der Waals surface area contributed by atoms with Crippen molar-refractivity contribution in [2.45, 2.75) is 33.2 Å². The molecular weight excluding hydrogens is 231 g/mol. The Kier molecular flexibility index (Phi) is 5.47. The van der Waals surface area contributed by atoms with Crippen molar-refractivity contribution in [3.8, 4) is 0 Å². The van der Waals surface area contributed by atoms with Crippen LogP contribution in [0, 0.1) is 5.82 Å². The van der Waals surface area contributed by atoms with Gasteiger partial charge in [0, 0.05) is 19.1 Å². The molecule has 0 aliphatic rings. The average Bonchev–Trinajstić information content (AvgIpc) is 2.30. The second kappa shape index (κ2) is 6.64. The maximum absolute atomic E-state index is 14.2. The number of aromatic nitrogens is 2. The molecule has 0 N–H and O–H groups in total. The molecule has 0 amide bonds. The highest BCUT2D eigenvalue weighted by atomic mass is 19.1. The Bertz CT molecular complexity index is 379. The Morgan fingerprint density at radius 1 is 1.22 bits per heavy atom. The van der Waals surface area contributed by atoms with E-state index in [1.54, 1.807) is 0 Å². The number of rotatable bonds is 6. The summed E-state index contributed by atoms with van der Waals surface area (Å²) in [6.07, 6.45) is 2.03. The van der Waals surface area contributed by atoms with Gasteiger partial charge in [-0.25, -0.2) is 14.4 Å². The minimum Gasteiger partial charge on any atom is -0.350 e. The number of halogens is 1. The molecule has 0 aliphatic carbocycles. The lowest BCUT2D eigenvalue weighted by molar-refractivity contribution is 0.405. The van der Waals surface area contributed by atoms with E-state index in [4.69, 9.17) is 0 Å². The van der Waals surface area contributed by atoms with Gasteiger partial charge >= 0.3 is 0 Å². The number of aryl methyl sites for hydroxylation is 1. The smallest absolute Gasteiger partial charge is 0.187 e. The first kappa shape index (κ1) is 14.8. The second-order valence-corrected chi connectivity index (χ2v) is 4.90. The lowest BCUT2D eigenvalue weighted by atomic mass is 10.2. The molecule has 0 aliphatic heterocycles. The van der Waals surface area contributed by atoms with Crippen molar-refractivity contribution in [2.24, 2.45) is 0 Å². The Hall–Kier alpha value is -1.23. The van der Waals surface area contributed by atoms with Crippen molar-refractivity contribution in [3.05, 3.63) is 17.8 Å². The van der Waals surface area contributed by atoms with Gasteiger partial charge in [-0.1, -0.05) is 6.92 Å². The van der Waals surface area contributed by atoms with E-state index < -0.39 is 0 Å². The number of hydrogen-bond donors (Lipinski definition) is 0. The first-order valence-electron chi connectivity index (χ1n) is 6.38. The van der Waals surface area contributed by atoms with E-state index in [-0.39, 0.29) is 11.9 Å². The summed E-state index contributed by atoms with van der Waals surface area (Å²) in [4.78, 5) is 12.1. The van der Waals surface area contributed by atoms with Gasteiger partial charge in [-0.15, -0.1) is 0 Å². The van der Waals surface area contributed by atoms with E-state index in [1.807, 2.05) is 39.8 Å². The molecule has 102 valence electrons. The van der Waals surface area contributed by atoms with Crippen molar-refractivity contribution in [1.29, 1.82) is 0 Å². The van der Waals surface area contributed by atoms with Crippen LogP contribution in [0.15, 0.2) is 6.33 Å². The van der Waals surface area contributed by atoms with E-state index in [1.165, 1.54) is 6.33 Å². The molecule has 1 rings (SSSR count). The van der Waals surface area contributed by atoms with E-state index >= 15 is 0 Å². The summed E-state index contributed by atoms with van der Waals surface area (Å²) in [7, 11) is 4.01. The summed E-state index contributed by atoms with van der Waals surface area (Å²) >= 11 is 0. The van der Waals surface area contributed by atoms with Gasteiger partial charge in [-0.2, -0.15) is 0 Å². The van der Waals surface area contributed by atoms with Crippen LogP contribution in [0.1, 0.15) is 26.5 Å². The van der Waals surface area contributed by atoms with Gasteiger partial charge in [-0.3, -0.25) is 0 Å². The third-order valence-corrected chi connectivity index (χ3v) is 2.86. The van der Waals surface area contributed by atoms with Crippen LogP contribution in [0.2, 0.25) is 0 Å².